The molecule has 0 aliphatic rings. The average molecular weight is 459 g/mol. The van der Waals surface area contributed by atoms with Crippen molar-refractivity contribution in [3.8, 4) is 16.9 Å². The van der Waals surface area contributed by atoms with E-state index < -0.39 is 5.63 Å². The number of ether oxygens (including phenoxy) is 1. The molecule has 0 aliphatic carbocycles. The summed E-state index contributed by atoms with van der Waals surface area (Å²) in [5.74, 6) is 0.361. The molecule has 0 atom stereocenters. The van der Waals surface area contributed by atoms with Crippen LogP contribution in [0.15, 0.2) is 82.0 Å². The van der Waals surface area contributed by atoms with Crippen LogP contribution in [-0.2, 0) is 0 Å². The van der Waals surface area contributed by atoms with Crippen molar-refractivity contribution in [2.45, 2.75) is 13.8 Å². The lowest BCUT2D eigenvalue weighted by Gasteiger charge is -2.13. The van der Waals surface area contributed by atoms with Crippen molar-refractivity contribution in [2.24, 2.45) is 0 Å². The normalized spacial score (nSPS) is 10.6. The molecule has 0 aliphatic heterocycles. The number of fused-ring (bicyclic) bond motifs is 1. The maximum absolute atomic E-state index is 12.5. The second kappa shape index (κ2) is 9.67. The lowest BCUT2D eigenvalue weighted by Crippen LogP contribution is -2.34. The molecule has 166 valence electrons. The zero-order chi connectivity index (χ0) is 23.4. The summed E-state index contributed by atoms with van der Waals surface area (Å²) < 4.78 is 10.9. The number of carbonyl (C=O) groups is 1. The molecule has 4 aromatic rings. The van der Waals surface area contributed by atoms with Crippen LogP contribution in [0.1, 0.15) is 22.8 Å². The summed E-state index contributed by atoms with van der Waals surface area (Å²) in [5.41, 5.74) is 3.29. The third kappa shape index (κ3) is 5.10. The predicted octanol–water partition coefficient (Wildman–Crippen LogP) is 5.29. The molecule has 0 bridgehead atoms. The lowest BCUT2D eigenvalue weighted by atomic mass is 10.0. The summed E-state index contributed by atoms with van der Waals surface area (Å²) >= 11 is 5.34. The van der Waals surface area contributed by atoms with Crippen molar-refractivity contribution in [3.63, 3.8) is 0 Å². The molecule has 0 saturated carbocycles. The number of aryl methyl sites for hydroxylation is 1. The average Bonchev–Trinajstić information content (AvgIpc) is 2.81. The zero-order valence-corrected chi connectivity index (χ0v) is 19.0. The van der Waals surface area contributed by atoms with Gasteiger partial charge in [-0.1, -0.05) is 30.3 Å². The van der Waals surface area contributed by atoms with Gasteiger partial charge in [-0.3, -0.25) is 10.1 Å². The van der Waals surface area contributed by atoms with E-state index in [4.69, 9.17) is 21.4 Å². The smallest absolute Gasteiger partial charge is 0.344 e. The third-order valence-electron chi connectivity index (χ3n) is 5.09. The van der Waals surface area contributed by atoms with Crippen LogP contribution < -0.4 is 21.0 Å². The Hall–Kier alpha value is -3.97. The first kappa shape index (κ1) is 22.2. The number of para-hydroxylation sites is 1. The Balaban J connectivity index is 1.52. The largest absolute Gasteiger partial charge is 0.494 e. The van der Waals surface area contributed by atoms with Crippen molar-refractivity contribution in [1.82, 2.24) is 5.32 Å². The summed E-state index contributed by atoms with van der Waals surface area (Å²) in [6, 6.07) is 21.5. The quantitative estimate of drug-likeness (QED) is 0.312. The van der Waals surface area contributed by atoms with Crippen molar-refractivity contribution in [2.75, 3.05) is 11.9 Å². The van der Waals surface area contributed by atoms with Gasteiger partial charge in [0.15, 0.2) is 5.11 Å². The molecule has 1 amide bonds. The summed E-state index contributed by atoms with van der Waals surface area (Å²) in [7, 11) is 0. The minimum Gasteiger partial charge on any atom is -0.494 e. The van der Waals surface area contributed by atoms with E-state index in [-0.39, 0.29) is 11.0 Å². The molecule has 2 N–H and O–H groups in total. The molecule has 33 heavy (non-hydrogen) atoms. The van der Waals surface area contributed by atoms with Crippen molar-refractivity contribution < 1.29 is 13.9 Å². The lowest BCUT2D eigenvalue weighted by molar-refractivity contribution is 0.0977. The van der Waals surface area contributed by atoms with Gasteiger partial charge in [-0.15, -0.1) is 0 Å². The summed E-state index contributed by atoms with van der Waals surface area (Å²) in [5, 5.41) is 6.72. The molecular weight excluding hydrogens is 436 g/mol. The van der Waals surface area contributed by atoms with Crippen LogP contribution in [0.5, 0.6) is 5.75 Å². The predicted molar refractivity (Wildman–Crippen MR) is 134 cm³/mol. The molecule has 0 radical (unpaired) electrons. The molecule has 0 unspecified atom stereocenters. The molecule has 6 nitrogen and oxygen atoms in total. The van der Waals surface area contributed by atoms with Crippen LogP contribution >= 0.6 is 12.2 Å². The molecule has 1 heterocycles. The van der Waals surface area contributed by atoms with Gasteiger partial charge in [-0.05, 0) is 79.7 Å². The monoisotopic (exact) mass is 458 g/mol. The molecule has 7 heteroatoms. The van der Waals surface area contributed by atoms with E-state index in [0.717, 1.165) is 10.9 Å². The third-order valence-corrected chi connectivity index (χ3v) is 5.30. The number of carbonyl (C=O) groups excluding carboxylic acids is 1. The van der Waals surface area contributed by atoms with Gasteiger partial charge in [-0.25, -0.2) is 4.79 Å². The van der Waals surface area contributed by atoms with Crippen LogP contribution in [0.25, 0.3) is 22.1 Å². The second-order valence-electron chi connectivity index (χ2n) is 7.38. The van der Waals surface area contributed by atoms with E-state index in [2.05, 4.69) is 10.6 Å². The number of amides is 1. The maximum Gasteiger partial charge on any atom is 0.344 e. The highest BCUT2D eigenvalue weighted by Crippen LogP contribution is 2.26. The Morgan fingerprint density at radius 2 is 1.79 bits per heavy atom. The van der Waals surface area contributed by atoms with Gasteiger partial charge in [0.05, 0.1) is 12.2 Å². The topological polar surface area (TPSA) is 80.6 Å². The first-order valence-electron chi connectivity index (χ1n) is 10.4. The molecule has 1 aromatic heterocycles. The van der Waals surface area contributed by atoms with E-state index in [1.54, 1.807) is 30.3 Å². The number of rotatable bonds is 5. The number of thiocarbonyl (C=S) groups is 1. The zero-order valence-electron chi connectivity index (χ0n) is 18.2. The van der Waals surface area contributed by atoms with Crippen molar-refractivity contribution >= 4 is 39.9 Å². The van der Waals surface area contributed by atoms with E-state index >= 15 is 0 Å². The van der Waals surface area contributed by atoms with Gasteiger partial charge < -0.3 is 14.5 Å². The van der Waals surface area contributed by atoms with Crippen molar-refractivity contribution in [1.29, 1.82) is 0 Å². The van der Waals surface area contributed by atoms with Gasteiger partial charge >= 0.3 is 5.63 Å². The summed E-state index contributed by atoms with van der Waals surface area (Å²) in [6.07, 6.45) is 0. The van der Waals surface area contributed by atoms with Gasteiger partial charge in [0.2, 0.25) is 0 Å². The molecule has 0 saturated heterocycles. The molecule has 0 fully saturated rings. The van der Waals surface area contributed by atoms with Crippen LogP contribution in [0, 0.1) is 6.92 Å². The fourth-order valence-electron chi connectivity index (χ4n) is 3.39. The SMILES string of the molecule is CCOc1ccc(C(=O)NC(=S)Nc2cc(-c3cc4ccccc4oc3=O)ccc2C)cc1. The highest BCUT2D eigenvalue weighted by atomic mass is 32.1. The molecule has 0 spiro atoms. The first-order valence-corrected chi connectivity index (χ1v) is 10.8. The Labute approximate surface area is 196 Å². The minimum atomic E-state index is -0.421. The van der Waals surface area contributed by atoms with Crippen molar-refractivity contribution in [3.05, 3.63) is 94.3 Å². The van der Waals surface area contributed by atoms with E-state index in [1.165, 1.54) is 0 Å². The summed E-state index contributed by atoms with van der Waals surface area (Å²) in [6.45, 7) is 4.36. The first-order chi connectivity index (χ1) is 15.9. The highest BCUT2D eigenvalue weighted by molar-refractivity contribution is 7.80. The van der Waals surface area contributed by atoms with Crippen LogP contribution in [0.3, 0.4) is 0 Å². The number of anilines is 1. The van der Waals surface area contributed by atoms with Gasteiger partial charge in [0.1, 0.15) is 11.3 Å². The van der Waals surface area contributed by atoms with E-state index in [0.29, 0.717) is 40.3 Å². The number of hydrogen-bond donors (Lipinski definition) is 2. The fourth-order valence-corrected chi connectivity index (χ4v) is 3.59. The number of benzene rings is 3. The number of hydrogen-bond acceptors (Lipinski definition) is 5. The fraction of sp³-hybridized carbons (Fsp3) is 0.115. The molecule has 3 aromatic carbocycles. The Bertz CT molecular complexity index is 1390. The Kier molecular flexibility index (Phi) is 6.51. The van der Waals surface area contributed by atoms with Gasteiger partial charge in [0, 0.05) is 16.6 Å². The van der Waals surface area contributed by atoms with Crippen LogP contribution in [-0.4, -0.2) is 17.6 Å². The second-order valence-corrected chi connectivity index (χ2v) is 7.79. The molecule has 4 rings (SSSR count). The van der Waals surface area contributed by atoms with E-state index in [9.17, 15) is 9.59 Å². The van der Waals surface area contributed by atoms with Crippen LogP contribution in [0.4, 0.5) is 5.69 Å². The highest BCUT2D eigenvalue weighted by Gasteiger charge is 2.12. The number of nitrogens with one attached hydrogen (secondary N) is 2. The van der Waals surface area contributed by atoms with Crippen LogP contribution in [0.2, 0.25) is 0 Å². The Morgan fingerprint density at radius 1 is 1.03 bits per heavy atom. The van der Waals surface area contributed by atoms with Gasteiger partial charge in [-0.2, -0.15) is 0 Å². The van der Waals surface area contributed by atoms with E-state index in [1.807, 2.05) is 56.3 Å². The standard InChI is InChI=1S/C26H22N2O4S/c1-3-31-20-12-10-17(11-13-20)24(29)28-26(33)27-22-15-18(9-8-16(22)2)21-14-19-6-4-5-7-23(19)32-25(21)30/h4-15H,3H2,1-2H3,(H2,27,28,29,33). The van der Waals surface area contributed by atoms with Gasteiger partial charge in [0.25, 0.3) is 5.91 Å². The maximum atomic E-state index is 12.5. The Morgan fingerprint density at radius 3 is 2.55 bits per heavy atom. The summed E-state index contributed by atoms with van der Waals surface area (Å²) in [4.78, 5) is 25.1. The minimum absolute atomic E-state index is 0.152. The molecular formula is C26H22N2O4S.